The number of carbonyl (C=O) groups is 1. The third-order valence-electron chi connectivity index (χ3n) is 6.56. The summed E-state index contributed by atoms with van der Waals surface area (Å²) in [5.74, 6) is 0.411. The van der Waals surface area contributed by atoms with E-state index in [1.165, 1.54) is 11.1 Å². The summed E-state index contributed by atoms with van der Waals surface area (Å²) in [6.07, 6.45) is 2.63. The van der Waals surface area contributed by atoms with Gasteiger partial charge in [-0.25, -0.2) is 4.79 Å². The van der Waals surface area contributed by atoms with Crippen molar-refractivity contribution in [2.75, 3.05) is 19.6 Å². The number of amides is 1. The van der Waals surface area contributed by atoms with Crippen LogP contribution in [0.3, 0.4) is 0 Å². The topological polar surface area (TPSA) is 32.8 Å². The van der Waals surface area contributed by atoms with Crippen LogP contribution >= 0.6 is 0 Å². The van der Waals surface area contributed by atoms with Crippen molar-refractivity contribution in [3.8, 4) is 0 Å². The molecular weight excluding hydrogens is 348 g/mol. The number of piperidine rings is 3. The highest BCUT2D eigenvalue weighted by Crippen LogP contribution is 2.39. The fourth-order valence-corrected chi connectivity index (χ4v) is 5.04. The lowest BCUT2D eigenvalue weighted by atomic mass is 9.84. The van der Waals surface area contributed by atoms with Gasteiger partial charge < -0.3 is 9.64 Å². The van der Waals surface area contributed by atoms with Crippen LogP contribution in [0.4, 0.5) is 4.79 Å². The van der Waals surface area contributed by atoms with Gasteiger partial charge in [0.15, 0.2) is 0 Å². The highest BCUT2D eigenvalue weighted by Gasteiger charge is 2.41. The molecule has 4 aliphatic rings. The summed E-state index contributed by atoms with van der Waals surface area (Å²) in [5, 5.41) is 0. The Balaban J connectivity index is 1.45. The molecule has 3 saturated heterocycles. The number of ether oxygens (including phenoxy) is 1. The van der Waals surface area contributed by atoms with E-state index in [4.69, 9.17) is 4.74 Å². The van der Waals surface area contributed by atoms with E-state index < -0.39 is 0 Å². The van der Waals surface area contributed by atoms with Crippen molar-refractivity contribution < 1.29 is 9.53 Å². The quantitative estimate of drug-likeness (QED) is 0.782. The van der Waals surface area contributed by atoms with Crippen LogP contribution in [-0.4, -0.2) is 41.6 Å². The predicted molar refractivity (Wildman–Crippen MR) is 109 cm³/mol. The first-order valence-electron chi connectivity index (χ1n) is 10.3. The van der Waals surface area contributed by atoms with Gasteiger partial charge in [0.05, 0.1) is 6.04 Å². The third-order valence-corrected chi connectivity index (χ3v) is 6.56. The van der Waals surface area contributed by atoms with Crippen LogP contribution in [0.25, 0.3) is 0 Å². The monoisotopic (exact) mass is 374 g/mol. The van der Waals surface area contributed by atoms with Gasteiger partial charge in [0.2, 0.25) is 0 Å². The molecule has 6 rings (SSSR count). The molecule has 1 amide bonds. The summed E-state index contributed by atoms with van der Waals surface area (Å²) in [4.78, 5) is 17.5. The highest BCUT2D eigenvalue weighted by atomic mass is 16.6. The number of fused-ring (bicyclic) bond motifs is 4. The van der Waals surface area contributed by atoms with E-state index in [-0.39, 0.29) is 18.2 Å². The number of nitrogens with zero attached hydrogens (tertiary/aromatic N) is 2. The average Bonchev–Trinajstić information content (AvgIpc) is 2.76. The maximum absolute atomic E-state index is 13.3. The van der Waals surface area contributed by atoms with Gasteiger partial charge in [0, 0.05) is 31.2 Å². The number of carbonyl (C=O) groups excluding carboxylic acids is 1. The first kappa shape index (κ1) is 17.4. The van der Waals surface area contributed by atoms with E-state index in [2.05, 4.69) is 47.9 Å². The second-order valence-corrected chi connectivity index (χ2v) is 8.08. The number of hydrogen-bond donors (Lipinski definition) is 0. The molecule has 0 aliphatic carbocycles. The lowest BCUT2D eigenvalue weighted by Crippen LogP contribution is -2.51. The summed E-state index contributed by atoms with van der Waals surface area (Å²) in [6.45, 7) is 6.98. The SMILES string of the molecule is C=C1C(OC(=O)N2CCc3ccccc3C2c2ccccc2)C2CCN1CC2. The van der Waals surface area contributed by atoms with E-state index in [0.29, 0.717) is 12.5 Å². The zero-order chi connectivity index (χ0) is 19.1. The number of benzene rings is 2. The molecule has 4 nitrogen and oxygen atoms in total. The summed E-state index contributed by atoms with van der Waals surface area (Å²) in [7, 11) is 0. The zero-order valence-electron chi connectivity index (χ0n) is 16.1. The lowest BCUT2D eigenvalue weighted by molar-refractivity contribution is -0.0140. The molecule has 144 valence electrons. The van der Waals surface area contributed by atoms with Gasteiger partial charge in [0.1, 0.15) is 6.10 Å². The van der Waals surface area contributed by atoms with Crippen molar-refractivity contribution >= 4 is 6.09 Å². The van der Waals surface area contributed by atoms with Gasteiger partial charge in [-0.15, -0.1) is 0 Å². The van der Waals surface area contributed by atoms with Gasteiger partial charge in [-0.2, -0.15) is 0 Å². The van der Waals surface area contributed by atoms with Crippen molar-refractivity contribution in [1.82, 2.24) is 9.80 Å². The molecule has 0 N–H and O–H groups in total. The van der Waals surface area contributed by atoms with Crippen LogP contribution in [0.5, 0.6) is 0 Å². The molecule has 0 saturated carbocycles. The van der Waals surface area contributed by atoms with E-state index in [9.17, 15) is 4.79 Å². The lowest BCUT2D eigenvalue weighted by Gasteiger charge is -2.47. The first-order chi connectivity index (χ1) is 13.7. The fraction of sp³-hybridized carbons (Fsp3) is 0.375. The second kappa shape index (κ2) is 7.01. The minimum atomic E-state index is -0.219. The van der Waals surface area contributed by atoms with Crippen molar-refractivity contribution in [3.63, 3.8) is 0 Å². The molecule has 2 aromatic carbocycles. The first-order valence-corrected chi connectivity index (χ1v) is 10.3. The Hall–Kier alpha value is -2.75. The van der Waals surface area contributed by atoms with Gasteiger partial charge >= 0.3 is 6.09 Å². The minimum absolute atomic E-state index is 0.104. The predicted octanol–water partition coefficient (Wildman–Crippen LogP) is 4.38. The van der Waals surface area contributed by atoms with E-state index in [0.717, 1.165) is 43.6 Å². The van der Waals surface area contributed by atoms with Gasteiger partial charge in [-0.3, -0.25) is 4.90 Å². The van der Waals surface area contributed by atoms with Crippen LogP contribution in [0.15, 0.2) is 66.9 Å². The summed E-state index contributed by atoms with van der Waals surface area (Å²) in [5.41, 5.74) is 4.61. The smallest absolute Gasteiger partial charge is 0.411 e. The Labute approximate surface area is 166 Å². The number of rotatable bonds is 2. The summed E-state index contributed by atoms with van der Waals surface area (Å²) in [6, 6.07) is 18.6. The third kappa shape index (κ3) is 2.88. The molecule has 4 heterocycles. The molecule has 0 radical (unpaired) electrons. The fourth-order valence-electron chi connectivity index (χ4n) is 5.04. The maximum Gasteiger partial charge on any atom is 0.411 e. The van der Waals surface area contributed by atoms with Crippen molar-refractivity contribution in [1.29, 1.82) is 0 Å². The highest BCUT2D eigenvalue weighted by molar-refractivity contribution is 5.70. The van der Waals surface area contributed by atoms with Crippen LogP contribution in [0.1, 0.15) is 35.6 Å². The van der Waals surface area contributed by atoms with E-state index >= 15 is 0 Å². The Bertz CT molecular complexity index is 886. The van der Waals surface area contributed by atoms with E-state index in [1.54, 1.807) is 0 Å². The average molecular weight is 374 g/mol. The summed E-state index contributed by atoms with van der Waals surface area (Å²) >= 11 is 0. The Kier molecular flexibility index (Phi) is 4.34. The zero-order valence-corrected chi connectivity index (χ0v) is 16.1. The second-order valence-electron chi connectivity index (χ2n) is 8.08. The molecule has 2 unspecified atom stereocenters. The molecule has 2 atom stereocenters. The number of hydrogen-bond acceptors (Lipinski definition) is 3. The van der Waals surface area contributed by atoms with Crippen molar-refractivity contribution in [2.24, 2.45) is 5.92 Å². The molecule has 28 heavy (non-hydrogen) atoms. The Morgan fingerprint density at radius 2 is 1.68 bits per heavy atom. The van der Waals surface area contributed by atoms with Crippen LogP contribution in [-0.2, 0) is 11.2 Å². The van der Waals surface area contributed by atoms with Crippen LogP contribution in [0.2, 0.25) is 0 Å². The minimum Gasteiger partial charge on any atom is -0.439 e. The van der Waals surface area contributed by atoms with Gasteiger partial charge in [-0.05, 0) is 36.0 Å². The molecule has 3 fully saturated rings. The standard InChI is InChI=1S/C24H26N2O2/c1-17-23(20-11-14-25(17)15-12-20)28-24(27)26-16-13-18-7-5-6-10-21(18)22(26)19-8-3-2-4-9-19/h2-10,20,22-23H,1,11-16H2. The molecule has 0 aromatic heterocycles. The molecule has 2 aromatic rings. The largest absolute Gasteiger partial charge is 0.439 e. The van der Waals surface area contributed by atoms with Crippen molar-refractivity contribution in [2.45, 2.75) is 31.4 Å². The van der Waals surface area contributed by atoms with Gasteiger partial charge in [0.25, 0.3) is 0 Å². The maximum atomic E-state index is 13.3. The van der Waals surface area contributed by atoms with Crippen molar-refractivity contribution in [3.05, 3.63) is 83.6 Å². The molecule has 4 aliphatic heterocycles. The molecule has 2 bridgehead atoms. The van der Waals surface area contributed by atoms with E-state index in [1.807, 2.05) is 23.1 Å². The Morgan fingerprint density at radius 3 is 2.43 bits per heavy atom. The molecule has 0 spiro atoms. The molecule has 4 heteroatoms. The van der Waals surface area contributed by atoms with Crippen LogP contribution < -0.4 is 0 Å². The molecular formula is C24H26N2O2. The summed E-state index contributed by atoms with van der Waals surface area (Å²) < 4.78 is 6.09. The Morgan fingerprint density at radius 1 is 0.964 bits per heavy atom. The van der Waals surface area contributed by atoms with Gasteiger partial charge in [-0.1, -0.05) is 61.2 Å². The van der Waals surface area contributed by atoms with Crippen LogP contribution in [0, 0.1) is 5.92 Å². The normalized spacial score (nSPS) is 26.1.